The first-order chi connectivity index (χ1) is 12.4. The molecule has 2 fully saturated rings. The Morgan fingerprint density at radius 1 is 1.27 bits per heavy atom. The molecule has 26 heavy (non-hydrogen) atoms. The quantitative estimate of drug-likeness (QED) is 0.749. The fourth-order valence-corrected chi connectivity index (χ4v) is 5.09. The van der Waals surface area contributed by atoms with Crippen LogP contribution in [0.5, 0.6) is 0 Å². The van der Waals surface area contributed by atoms with Crippen molar-refractivity contribution < 1.29 is 14.4 Å². The molecule has 2 heterocycles. The Kier molecular flexibility index (Phi) is 6.02. The number of likely N-dealkylation sites (tertiary alicyclic amines) is 1. The van der Waals surface area contributed by atoms with E-state index in [9.17, 15) is 14.4 Å². The second kappa shape index (κ2) is 8.08. The Hall–Kier alpha value is -1.41. The van der Waals surface area contributed by atoms with Gasteiger partial charge in [-0.1, -0.05) is 12.8 Å². The van der Waals surface area contributed by atoms with E-state index in [1.165, 1.54) is 16.2 Å². The zero-order valence-corrected chi connectivity index (χ0v) is 17.0. The SMILES string of the molecule is CSCC[C@H](C(=O)Nc1nc(C)c(C)s1)N1C(=O)[C@H]2CCCC[C@@H]2C1=O. The minimum atomic E-state index is -0.752. The zero-order valence-electron chi connectivity index (χ0n) is 15.4. The highest BCUT2D eigenvalue weighted by Gasteiger charge is 2.51. The Morgan fingerprint density at radius 2 is 1.88 bits per heavy atom. The number of carbonyl (C=O) groups excluding carboxylic acids is 3. The molecule has 3 amide bonds. The van der Waals surface area contributed by atoms with Gasteiger partial charge in [0.2, 0.25) is 17.7 Å². The number of hydrogen-bond acceptors (Lipinski definition) is 6. The lowest BCUT2D eigenvalue weighted by molar-refractivity contribution is -0.146. The van der Waals surface area contributed by atoms with Gasteiger partial charge >= 0.3 is 0 Å². The highest BCUT2D eigenvalue weighted by molar-refractivity contribution is 7.98. The van der Waals surface area contributed by atoms with Crippen LogP contribution >= 0.6 is 23.1 Å². The van der Waals surface area contributed by atoms with Gasteiger partial charge in [0, 0.05) is 4.88 Å². The van der Waals surface area contributed by atoms with Gasteiger partial charge in [0.15, 0.2) is 5.13 Å². The van der Waals surface area contributed by atoms with Crippen molar-refractivity contribution in [2.24, 2.45) is 11.8 Å². The van der Waals surface area contributed by atoms with Gasteiger partial charge in [0.05, 0.1) is 17.5 Å². The number of carbonyl (C=O) groups is 3. The first-order valence-electron chi connectivity index (χ1n) is 9.04. The predicted octanol–water partition coefficient (Wildman–Crippen LogP) is 3.00. The monoisotopic (exact) mass is 395 g/mol. The van der Waals surface area contributed by atoms with E-state index in [4.69, 9.17) is 0 Å². The Balaban J connectivity index is 1.81. The van der Waals surface area contributed by atoms with E-state index in [1.807, 2.05) is 20.1 Å². The molecule has 1 aliphatic heterocycles. The molecule has 0 bridgehead atoms. The van der Waals surface area contributed by atoms with Crippen LogP contribution < -0.4 is 5.32 Å². The molecule has 1 aromatic heterocycles. The summed E-state index contributed by atoms with van der Waals surface area (Å²) in [7, 11) is 0. The number of rotatable bonds is 6. The summed E-state index contributed by atoms with van der Waals surface area (Å²) in [6.07, 6.45) is 5.89. The fraction of sp³-hybridized carbons (Fsp3) is 0.667. The van der Waals surface area contributed by atoms with Gasteiger partial charge in [-0.2, -0.15) is 11.8 Å². The van der Waals surface area contributed by atoms with E-state index in [-0.39, 0.29) is 29.6 Å². The van der Waals surface area contributed by atoms with Crippen LogP contribution in [0.1, 0.15) is 42.7 Å². The van der Waals surface area contributed by atoms with Crippen molar-refractivity contribution in [1.29, 1.82) is 0 Å². The second-order valence-electron chi connectivity index (χ2n) is 6.99. The minimum Gasteiger partial charge on any atom is -0.300 e. The van der Waals surface area contributed by atoms with E-state index in [0.29, 0.717) is 17.3 Å². The van der Waals surface area contributed by atoms with Crippen molar-refractivity contribution in [1.82, 2.24) is 9.88 Å². The van der Waals surface area contributed by atoms with Crippen molar-refractivity contribution in [2.45, 2.75) is 52.0 Å². The van der Waals surface area contributed by atoms with E-state index in [0.717, 1.165) is 36.3 Å². The first kappa shape index (κ1) is 19.4. The number of anilines is 1. The molecule has 3 rings (SSSR count). The number of imide groups is 1. The van der Waals surface area contributed by atoms with Gasteiger partial charge in [-0.05, 0) is 45.1 Å². The van der Waals surface area contributed by atoms with E-state index in [1.54, 1.807) is 11.8 Å². The third-order valence-corrected chi connectivity index (χ3v) is 6.98. The summed E-state index contributed by atoms with van der Waals surface area (Å²) in [5, 5.41) is 3.35. The molecule has 0 spiro atoms. The van der Waals surface area contributed by atoms with Crippen molar-refractivity contribution in [3.05, 3.63) is 10.6 Å². The maximum Gasteiger partial charge on any atom is 0.249 e. The molecule has 0 radical (unpaired) electrons. The number of hydrogen-bond donors (Lipinski definition) is 1. The van der Waals surface area contributed by atoms with Crippen LogP contribution in [0.2, 0.25) is 0 Å². The number of fused-ring (bicyclic) bond motifs is 1. The standard InChI is InChI=1S/C18H25N3O3S2/c1-10-11(2)26-18(19-10)20-15(22)14(8-9-25-3)21-16(23)12-6-4-5-7-13(12)17(21)24/h12-14H,4-9H2,1-3H3,(H,19,20,22)/t12-,13-,14+/m0/s1. The third-order valence-electron chi connectivity index (χ3n) is 5.34. The second-order valence-corrected chi connectivity index (χ2v) is 9.18. The molecule has 3 atom stereocenters. The zero-order chi connectivity index (χ0) is 18.8. The number of thiazole rings is 1. The molecule has 1 saturated carbocycles. The highest BCUT2D eigenvalue weighted by atomic mass is 32.2. The highest BCUT2D eigenvalue weighted by Crippen LogP contribution is 2.39. The molecule has 0 unspecified atom stereocenters. The smallest absolute Gasteiger partial charge is 0.249 e. The van der Waals surface area contributed by atoms with Crippen LogP contribution in [0, 0.1) is 25.7 Å². The summed E-state index contributed by atoms with van der Waals surface area (Å²) in [5.74, 6) is -0.385. The maximum atomic E-state index is 12.9. The molecule has 8 heteroatoms. The molecule has 0 aromatic carbocycles. The van der Waals surface area contributed by atoms with Crippen LogP contribution in [0.4, 0.5) is 5.13 Å². The Labute approximate surface area is 162 Å². The van der Waals surface area contributed by atoms with Crippen molar-refractivity contribution in [2.75, 3.05) is 17.3 Å². The molecular weight excluding hydrogens is 370 g/mol. The summed E-state index contributed by atoms with van der Waals surface area (Å²) in [6.45, 7) is 3.84. The first-order valence-corrected chi connectivity index (χ1v) is 11.3. The van der Waals surface area contributed by atoms with E-state index in [2.05, 4.69) is 10.3 Å². The van der Waals surface area contributed by atoms with Crippen molar-refractivity contribution in [3.8, 4) is 0 Å². The lowest BCUT2D eigenvalue weighted by Gasteiger charge is -2.25. The number of nitrogens with zero attached hydrogens (tertiary/aromatic N) is 2. The van der Waals surface area contributed by atoms with Crippen LogP contribution in [0.3, 0.4) is 0 Å². The Morgan fingerprint density at radius 3 is 2.38 bits per heavy atom. The molecule has 6 nitrogen and oxygen atoms in total. The van der Waals surface area contributed by atoms with Gasteiger partial charge in [-0.15, -0.1) is 11.3 Å². The number of aryl methyl sites for hydroxylation is 2. The van der Waals surface area contributed by atoms with Crippen molar-refractivity contribution >= 4 is 46.0 Å². The van der Waals surface area contributed by atoms with Gasteiger partial charge in [-0.25, -0.2) is 4.98 Å². The number of amides is 3. The summed E-state index contributed by atoms with van der Waals surface area (Å²) < 4.78 is 0. The molecule has 142 valence electrons. The minimum absolute atomic E-state index is 0.160. The lowest BCUT2D eigenvalue weighted by atomic mass is 9.81. The largest absolute Gasteiger partial charge is 0.300 e. The van der Waals surface area contributed by atoms with Gasteiger partial charge in [0.1, 0.15) is 6.04 Å². The summed E-state index contributed by atoms with van der Waals surface area (Å²) >= 11 is 3.02. The molecule has 1 saturated heterocycles. The maximum absolute atomic E-state index is 12.9. The fourth-order valence-electron chi connectivity index (χ4n) is 3.82. The summed E-state index contributed by atoms with van der Waals surface area (Å²) in [6, 6.07) is -0.752. The number of nitrogens with one attached hydrogen (secondary N) is 1. The topological polar surface area (TPSA) is 79.4 Å². The summed E-state index contributed by atoms with van der Waals surface area (Å²) in [4.78, 5) is 45.3. The predicted molar refractivity (Wildman–Crippen MR) is 104 cm³/mol. The van der Waals surface area contributed by atoms with E-state index >= 15 is 0 Å². The number of aromatic nitrogens is 1. The molecule has 1 aliphatic carbocycles. The number of thioether (sulfide) groups is 1. The lowest BCUT2D eigenvalue weighted by Crippen LogP contribution is -2.48. The molecule has 1 N–H and O–H groups in total. The van der Waals surface area contributed by atoms with E-state index < -0.39 is 6.04 Å². The van der Waals surface area contributed by atoms with Crippen molar-refractivity contribution in [3.63, 3.8) is 0 Å². The normalized spacial score (nSPS) is 23.9. The average Bonchev–Trinajstić information content (AvgIpc) is 3.06. The van der Waals surface area contributed by atoms with Crippen LogP contribution in [-0.4, -0.2) is 45.7 Å². The molecule has 2 aliphatic rings. The molecule has 1 aromatic rings. The summed E-state index contributed by atoms with van der Waals surface area (Å²) in [5.41, 5.74) is 0.880. The van der Waals surface area contributed by atoms with Crippen LogP contribution in [0.15, 0.2) is 0 Å². The third kappa shape index (κ3) is 3.67. The molecular formula is C18H25N3O3S2. The van der Waals surface area contributed by atoms with Crippen LogP contribution in [-0.2, 0) is 14.4 Å². The Bertz CT molecular complexity index is 675. The van der Waals surface area contributed by atoms with Gasteiger partial charge in [-0.3, -0.25) is 19.3 Å². The average molecular weight is 396 g/mol. The van der Waals surface area contributed by atoms with Crippen LogP contribution in [0.25, 0.3) is 0 Å². The van der Waals surface area contributed by atoms with Gasteiger partial charge in [0.25, 0.3) is 0 Å². The van der Waals surface area contributed by atoms with Gasteiger partial charge < -0.3 is 5.32 Å².